The topological polar surface area (TPSA) is 65.5 Å². The minimum absolute atomic E-state index is 0.0470. The molecule has 3 aromatic rings. The van der Waals surface area contributed by atoms with Crippen LogP contribution in [0.3, 0.4) is 0 Å². The fourth-order valence-corrected chi connectivity index (χ4v) is 4.47. The largest absolute Gasteiger partial charge is 0.495 e. The molecule has 1 heterocycles. The van der Waals surface area contributed by atoms with Crippen LogP contribution in [-0.2, 0) is 15.5 Å². The third-order valence-electron chi connectivity index (χ3n) is 4.24. The zero-order valence-electron chi connectivity index (χ0n) is 15.8. The molecule has 0 spiro atoms. The molecule has 0 fully saturated rings. The van der Waals surface area contributed by atoms with Crippen molar-refractivity contribution in [1.82, 2.24) is 4.98 Å². The molecule has 8 heteroatoms. The Labute approximate surface area is 174 Å². The van der Waals surface area contributed by atoms with Crippen molar-refractivity contribution in [2.75, 3.05) is 7.11 Å². The molecule has 0 N–H and O–H groups in total. The van der Waals surface area contributed by atoms with Crippen LogP contribution in [0.5, 0.6) is 11.5 Å². The summed E-state index contributed by atoms with van der Waals surface area (Å²) in [5.41, 5.74) is 0.818. The summed E-state index contributed by atoms with van der Waals surface area (Å²) >= 11 is 12.4. The highest BCUT2D eigenvalue weighted by Gasteiger charge is 2.27. The molecule has 0 aliphatic rings. The second-order valence-corrected chi connectivity index (χ2v) is 9.55. The average Bonchev–Trinajstić information content (AvgIpc) is 2.64. The van der Waals surface area contributed by atoms with Gasteiger partial charge >= 0.3 is 10.1 Å². The maximum absolute atomic E-state index is 13.1. The lowest BCUT2D eigenvalue weighted by atomic mass is 9.87. The fourth-order valence-electron chi connectivity index (χ4n) is 2.72. The van der Waals surface area contributed by atoms with Gasteiger partial charge in [-0.15, -0.1) is 0 Å². The van der Waals surface area contributed by atoms with Gasteiger partial charge in [0.15, 0.2) is 5.75 Å². The van der Waals surface area contributed by atoms with Gasteiger partial charge in [-0.3, -0.25) is 4.98 Å². The Morgan fingerprint density at radius 3 is 2.39 bits per heavy atom. The molecule has 0 unspecified atom stereocenters. The quantitative estimate of drug-likeness (QED) is 0.493. The Hall–Kier alpha value is -2.02. The van der Waals surface area contributed by atoms with Gasteiger partial charge in [0.05, 0.1) is 17.2 Å². The molecule has 2 aromatic carbocycles. The molecule has 3 rings (SSSR count). The number of methoxy groups -OCH3 is 1. The van der Waals surface area contributed by atoms with Crippen molar-refractivity contribution in [3.63, 3.8) is 0 Å². The molecule has 0 bridgehead atoms. The first-order valence-electron chi connectivity index (χ1n) is 8.40. The highest BCUT2D eigenvalue weighted by molar-refractivity contribution is 7.87. The van der Waals surface area contributed by atoms with Gasteiger partial charge in [-0.2, -0.15) is 8.42 Å². The first-order chi connectivity index (χ1) is 13.0. The molecular weight excluding hydrogens is 421 g/mol. The summed E-state index contributed by atoms with van der Waals surface area (Å²) in [6, 6.07) is 9.81. The summed E-state index contributed by atoms with van der Waals surface area (Å²) in [4.78, 5) is 4.10. The van der Waals surface area contributed by atoms with E-state index in [-0.39, 0.29) is 32.3 Å². The number of aromatic nitrogens is 1. The smallest absolute Gasteiger partial charge is 0.343 e. The van der Waals surface area contributed by atoms with Crippen LogP contribution in [0.15, 0.2) is 47.5 Å². The SMILES string of the molecule is COc1ccc(C(C)(C)C)cc1S(=O)(=O)Oc1c(Cl)cc(Cl)c2cccnc12. The lowest BCUT2D eigenvalue weighted by Crippen LogP contribution is -2.16. The van der Waals surface area contributed by atoms with Crippen LogP contribution in [-0.4, -0.2) is 20.5 Å². The van der Waals surface area contributed by atoms with Crippen LogP contribution in [0.2, 0.25) is 10.0 Å². The van der Waals surface area contributed by atoms with Gasteiger partial charge in [-0.25, -0.2) is 0 Å². The summed E-state index contributed by atoms with van der Waals surface area (Å²) in [5, 5.41) is 0.935. The Kier molecular flexibility index (Phi) is 5.49. The average molecular weight is 440 g/mol. The Morgan fingerprint density at radius 1 is 1.04 bits per heavy atom. The third-order valence-corrected chi connectivity index (χ3v) is 6.08. The Bertz CT molecular complexity index is 1150. The predicted octanol–water partition coefficient (Wildman–Crippen LogP) is 5.62. The van der Waals surface area contributed by atoms with Crippen molar-refractivity contribution in [3.8, 4) is 11.5 Å². The zero-order valence-corrected chi connectivity index (χ0v) is 18.1. The van der Waals surface area contributed by atoms with E-state index in [0.717, 1.165) is 5.56 Å². The van der Waals surface area contributed by atoms with Crippen LogP contribution in [0.1, 0.15) is 26.3 Å². The van der Waals surface area contributed by atoms with E-state index in [9.17, 15) is 8.42 Å². The number of benzene rings is 2. The second kappa shape index (κ2) is 7.43. The number of halogens is 2. The molecule has 0 aliphatic carbocycles. The minimum atomic E-state index is -4.26. The van der Waals surface area contributed by atoms with Crippen molar-refractivity contribution in [1.29, 1.82) is 0 Å². The number of rotatable bonds is 4. The van der Waals surface area contributed by atoms with Gasteiger partial charge in [0.1, 0.15) is 16.2 Å². The van der Waals surface area contributed by atoms with Gasteiger partial charge in [0, 0.05) is 11.6 Å². The Morgan fingerprint density at radius 2 is 1.75 bits per heavy atom. The van der Waals surface area contributed by atoms with E-state index in [1.54, 1.807) is 24.3 Å². The van der Waals surface area contributed by atoms with Crippen LogP contribution >= 0.6 is 23.2 Å². The van der Waals surface area contributed by atoms with E-state index in [4.69, 9.17) is 32.1 Å². The van der Waals surface area contributed by atoms with E-state index in [1.807, 2.05) is 26.8 Å². The molecule has 1 aromatic heterocycles. The lowest BCUT2D eigenvalue weighted by Gasteiger charge is -2.21. The van der Waals surface area contributed by atoms with Crippen LogP contribution in [0.25, 0.3) is 10.9 Å². The van der Waals surface area contributed by atoms with E-state index >= 15 is 0 Å². The lowest BCUT2D eigenvalue weighted by molar-refractivity contribution is 0.397. The number of hydrogen-bond donors (Lipinski definition) is 0. The monoisotopic (exact) mass is 439 g/mol. The summed E-state index contributed by atoms with van der Waals surface area (Å²) in [6.07, 6.45) is 1.51. The van der Waals surface area contributed by atoms with Crippen LogP contribution in [0.4, 0.5) is 0 Å². The van der Waals surface area contributed by atoms with E-state index in [1.165, 1.54) is 19.4 Å². The van der Waals surface area contributed by atoms with Crippen molar-refractivity contribution in [2.24, 2.45) is 0 Å². The first-order valence-corrected chi connectivity index (χ1v) is 10.6. The standard InChI is InChI=1S/C20H19Cl2NO4S/c1-20(2,3)12-7-8-16(26-4)17(10-12)28(24,25)27-19-15(22)11-14(21)13-6-5-9-23-18(13)19/h5-11H,1-4H3. The molecule has 5 nitrogen and oxygen atoms in total. The summed E-state index contributed by atoms with van der Waals surface area (Å²) in [7, 11) is -2.86. The van der Waals surface area contributed by atoms with Gasteiger partial charge in [-0.05, 0) is 41.3 Å². The number of fused-ring (bicyclic) bond motifs is 1. The minimum Gasteiger partial charge on any atom is -0.495 e. The van der Waals surface area contributed by atoms with Crippen LogP contribution < -0.4 is 8.92 Å². The van der Waals surface area contributed by atoms with Gasteiger partial charge < -0.3 is 8.92 Å². The van der Waals surface area contributed by atoms with Crippen molar-refractivity contribution >= 4 is 44.2 Å². The van der Waals surface area contributed by atoms with Crippen molar-refractivity contribution < 1.29 is 17.3 Å². The zero-order chi connectivity index (χ0) is 20.7. The van der Waals surface area contributed by atoms with E-state index < -0.39 is 10.1 Å². The molecule has 0 aliphatic heterocycles. The first kappa shape index (κ1) is 20.7. The van der Waals surface area contributed by atoms with Crippen molar-refractivity contribution in [3.05, 3.63) is 58.2 Å². The maximum atomic E-state index is 13.1. The van der Waals surface area contributed by atoms with Gasteiger partial charge in [-0.1, -0.05) is 50.0 Å². The maximum Gasteiger partial charge on any atom is 0.343 e. The summed E-state index contributed by atoms with van der Waals surface area (Å²) in [6.45, 7) is 5.96. The molecule has 0 atom stereocenters. The molecule has 148 valence electrons. The van der Waals surface area contributed by atoms with Gasteiger partial charge in [0.2, 0.25) is 0 Å². The molecular formula is C20H19Cl2NO4S. The summed E-state index contributed by atoms with van der Waals surface area (Å²) < 4.78 is 36.9. The highest BCUT2D eigenvalue weighted by atomic mass is 35.5. The van der Waals surface area contributed by atoms with E-state index in [0.29, 0.717) is 10.4 Å². The summed E-state index contributed by atoms with van der Waals surface area (Å²) in [5.74, 6) is 0.0974. The Balaban J connectivity index is 2.18. The number of hydrogen-bond acceptors (Lipinski definition) is 5. The number of pyridine rings is 1. The van der Waals surface area contributed by atoms with Gasteiger partial charge in [0.25, 0.3) is 0 Å². The van der Waals surface area contributed by atoms with E-state index in [2.05, 4.69) is 4.98 Å². The number of ether oxygens (including phenoxy) is 1. The number of nitrogens with zero attached hydrogens (tertiary/aromatic N) is 1. The molecule has 0 saturated carbocycles. The molecule has 0 amide bonds. The van der Waals surface area contributed by atoms with Crippen molar-refractivity contribution in [2.45, 2.75) is 31.1 Å². The molecule has 28 heavy (non-hydrogen) atoms. The molecule has 0 radical (unpaired) electrons. The normalized spacial score (nSPS) is 12.2. The second-order valence-electron chi connectivity index (χ2n) is 7.22. The predicted molar refractivity (Wildman–Crippen MR) is 111 cm³/mol. The van der Waals surface area contributed by atoms with Crippen LogP contribution in [0, 0.1) is 0 Å². The highest BCUT2D eigenvalue weighted by Crippen LogP contribution is 2.39. The fraction of sp³-hybridized carbons (Fsp3) is 0.250. The molecule has 0 saturated heterocycles. The third kappa shape index (κ3) is 3.90.